The van der Waals surface area contributed by atoms with Gasteiger partial charge in [0.25, 0.3) is 5.91 Å². The van der Waals surface area contributed by atoms with Crippen LogP contribution in [0.4, 0.5) is 5.69 Å². The van der Waals surface area contributed by atoms with Gasteiger partial charge in [0.15, 0.2) is 6.61 Å². The van der Waals surface area contributed by atoms with Crippen molar-refractivity contribution < 1.29 is 18.7 Å². The van der Waals surface area contributed by atoms with Crippen molar-refractivity contribution in [2.24, 2.45) is 0 Å². The second kappa shape index (κ2) is 6.36. The molecular formula is C18H15NO4. The number of rotatable bonds is 4. The summed E-state index contributed by atoms with van der Waals surface area (Å²) in [5, 5.41) is 3.51. The fraction of sp³-hybridized carbons (Fsp3) is 0.111. The van der Waals surface area contributed by atoms with E-state index in [0.717, 1.165) is 10.9 Å². The standard InChI is InChI=1S/C18H15NO4/c1-12-6-2-4-8-14(12)19-17(20)11-22-18(21)16-10-13-7-3-5-9-15(13)23-16/h2-10H,11H2,1H3,(H,19,20). The maximum atomic E-state index is 11.9. The van der Waals surface area contributed by atoms with Gasteiger partial charge in [-0.3, -0.25) is 4.79 Å². The quantitative estimate of drug-likeness (QED) is 0.748. The van der Waals surface area contributed by atoms with Crippen molar-refractivity contribution in [1.29, 1.82) is 0 Å². The molecule has 0 unspecified atom stereocenters. The molecular weight excluding hydrogens is 294 g/mol. The van der Waals surface area contributed by atoms with E-state index in [4.69, 9.17) is 9.15 Å². The molecule has 5 nitrogen and oxygen atoms in total. The minimum absolute atomic E-state index is 0.0786. The number of ether oxygens (including phenoxy) is 1. The molecule has 0 aliphatic rings. The molecule has 0 saturated heterocycles. The Balaban J connectivity index is 1.60. The third kappa shape index (κ3) is 3.40. The van der Waals surface area contributed by atoms with Crippen molar-refractivity contribution in [3.63, 3.8) is 0 Å². The molecule has 0 aliphatic carbocycles. The van der Waals surface area contributed by atoms with Crippen molar-refractivity contribution in [3.8, 4) is 0 Å². The minimum atomic E-state index is -0.666. The Hall–Kier alpha value is -3.08. The number of hydrogen-bond acceptors (Lipinski definition) is 4. The first kappa shape index (κ1) is 14.8. The van der Waals surface area contributed by atoms with Crippen LogP contribution in [0, 0.1) is 6.92 Å². The van der Waals surface area contributed by atoms with Gasteiger partial charge < -0.3 is 14.5 Å². The van der Waals surface area contributed by atoms with Gasteiger partial charge in [0.2, 0.25) is 5.76 Å². The first-order valence-electron chi connectivity index (χ1n) is 7.14. The van der Waals surface area contributed by atoms with Gasteiger partial charge in [0, 0.05) is 11.1 Å². The molecule has 1 N–H and O–H groups in total. The molecule has 0 bridgehead atoms. The number of para-hydroxylation sites is 2. The molecule has 1 heterocycles. The Morgan fingerprint density at radius 3 is 2.61 bits per heavy atom. The zero-order valence-corrected chi connectivity index (χ0v) is 12.5. The normalized spacial score (nSPS) is 10.5. The number of carbonyl (C=O) groups excluding carboxylic acids is 2. The van der Waals surface area contributed by atoms with E-state index in [1.165, 1.54) is 0 Å². The molecule has 0 fully saturated rings. The van der Waals surface area contributed by atoms with Crippen molar-refractivity contribution in [1.82, 2.24) is 0 Å². The fourth-order valence-electron chi connectivity index (χ4n) is 2.18. The predicted octanol–water partition coefficient (Wildman–Crippen LogP) is 3.54. The summed E-state index contributed by atoms with van der Waals surface area (Å²) in [5.74, 6) is -0.986. The number of fused-ring (bicyclic) bond motifs is 1. The second-order valence-electron chi connectivity index (χ2n) is 5.09. The van der Waals surface area contributed by atoms with Crippen LogP contribution in [0.25, 0.3) is 11.0 Å². The van der Waals surface area contributed by atoms with Crippen molar-refractivity contribution >= 4 is 28.5 Å². The van der Waals surface area contributed by atoms with Crippen LogP contribution in [-0.4, -0.2) is 18.5 Å². The third-order valence-corrected chi connectivity index (χ3v) is 3.38. The molecule has 23 heavy (non-hydrogen) atoms. The van der Waals surface area contributed by atoms with Gasteiger partial charge in [-0.25, -0.2) is 4.79 Å². The lowest BCUT2D eigenvalue weighted by atomic mass is 10.2. The number of esters is 1. The molecule has 3 aromatic rings. The van der Waals surface area contributed by atoms with Gasteiger partial charge in [-0.05, 0) is 30.7 Å². The van der Waals surface area contributed by atoms with Crippen molar-refractivity contribution in [2.45, 2.75) is 6.92 Å². The monoisotopic (exact) mass is 309 g/mol. The number of anilines is 1. The molecule has 3 rings (SSSR count). The van der Waals surface area contributed by atoms with Gasteiger partial charge >= 0.3 is 5.97 Å². The average Bonchev–Trinajstić information content (AvgIpc) is 2.99. The number of furan rings is 1. The summed E-state index contributed by atoms with van der Waals surface area (Å²) < 4.78 is 10.4. The van der Waals surface area contributed by atoms with E-state index >= 15 is 0 Å². The third-order valence-electron chi connectivity index (χ3n) is 3.38. The van der Waals surface area contributed by atoms with Crippen molar-refractivity contribution in [3.05, 3.63) is 65.9 Å². The van der Waals surface area contributed by atoms with E-state index in [-0.39, 0.29) is 12.4 Å². The summed E-state index contributed by atoms with van der Waals surface area (Å²) in [6, 6.07) is 16.2. The minimum Gasteiger partial charge on any atom is -0.450 e. The van der Waals surface area contributed by atoms with Crippen LogP contribution >= 0.6 is 0 Å². The Morgan fingerprint density at radius 1 is 1.09 bits per heavy atom. The fourth-order valence-corrected chi connectivity index (χ4v) is 2.18. The summed E-state index contributed by atoms with van der Waals surface area (Å²) in [5.41, 5.74) is 2.23. The summed E-state index contributed by atoms with van der Waals surface area (Å²) in [4.78, 5) is 23.8. The van der Waals surface area contributed by atoms with E-state index < -0.39 is 11.9 Å². The second-order valence-corrected chi connectivity index (χ2v) is 5.09. The van der Waals surface area contributed by atoms with Crippen LogP contribution in [0.2, 0.25) is 0 Å². The highest BCUT2D eigenvalue weighted by Crippen LogP contribution is 2.19. The topological polar surface area (TPSA) is 68.5 Å². The van der Waals surface area contributed by atoms with Crippen LogP contribution in [0.3, 0.4) is 0 Å². The highest BCUT2D eigenvalue weighted by Gasteiger charge is 2.15. The summed E-state index contributed by atoms with van der Waals surface area (Å²) in [7, 11) is 0. The SMILES string of the molecule is Cc1ccccc1NC(=O)COC(=O)c1cc2ccccc2o1. The summed E-state index contributed by atoms with van der Waals surface area (Å²) in [6.07, 6.45) is 0. The zero-order valence-electron chi connectivity index (χ0n) is 12.5. The Labute approximate surface area is 132 Å². The lowest BCUT2D eigenvalue weighted by molar-refractivity contribution is -0.119. The number of benzene rings is 2. The highest BCUT2D eigenvalue weighted by atomic mass is 16.5. The Kier molecular flexibility index (Phi) is 4.10. The number of nitrogens with one attached hydrogen (secondary N) is 1. The first-order chi connectivity index (χ1) is 11.1. The molecule has 1 aromatic heterocycles. The molecule has 0 spiro atoms. The van der Waals surface area contributed by atoms with Crippen molar-refractivity contribution in [2.75, 3.05) is 11.9 Å². The van der Waals surface area contributed by atoms with Gasteiger partial charge in [-0.1, -0.05) is 36.4 Å². The van der Waals surface area contributed by atoms with Gasteiger partial charge in [0.1, 0.15) is 5.58 Å². The van der Waals surface area contributed by atoms with Gasteiger partial charge in [0.05, 0.1) is 0 Å². The van der Waals surface area contributed by atoms with E-state index in [2.05, 4.69) is 5.32 Å². The lowest BCUT2D eigenvalue weighted by Gasteiger charge is -2.08. The first-order valence-corrected chi connectivity index (χ1v) is 7.14. The molecule has 116 valence electrons. The molecule has 0 atom stereocenters. The van der Waals surface area contributed by atoms with Gasteiger partial charge in [-0.15, -0.1) is 0 Å². The summed E-state index contributed by atoms with van der Waals surface area (Å²) >= 11 is 0. The molecule has 1 amide bonds. The highest BCUT2D eigenvalue weighted by molar-refractivity contribution is 5.96. The largest absolute Gasteiger partial charge is 0.450 e. The van der Waals surface area contributed by atoms with Crippen LogP contribution in [0.15, 0.2) is 59.0 Å². The van der Waals surface area contributed by atoms with E-state index in [1.807, 2.05) is 43.3 Å². The van der Waals surface area contributed by atoms with E-state index in [9.17, 15) is 9.59 Å². The lowest BCUT2D eigenvalue weighted by Crippen LogP contribution is -2.21. The van der Waals surface area contributed by atoms with Crippen LogP contribution in [-0.2, 0) is 9.53 Å². The molecule has 0 aliphatic heterocycles. The predicted molar refractivity (Wildman–Crippen MR) is 86.3 cm³/mol. The van der Waals surface area contributed by atoms with E-state index in [0.29, 0.717) is 11.3 Å². The Bertz CT molecular complexity index is 833. The number of hydrogen-bond donors (Lipinski definition) is 1. The molecule has 0 radical (unpaired) electrons. The zero-order chi connectivity index (χ0) is 16.2. The van der Waals surface area contributed by atoms with Gasteiger partial charge in [-0.2, -0.15) is 0 Å². The van der Waals surface area contributed by atoms with E-state index in [1.54, 1.807) is 18.2 Å². The van der Waals surface area contributed by atoms with Crippen LogP contribution < -0.4 is 5.32 Å². The average molecular weight is 309 g/mol. The maximum absolute atomic E-state index is 11.9. The maximum Gasteiger partial charge on any atom is 0.374 e. The molecule has 2 aromatic carbocycles. The van der Waals surface area contributed by atoms with Crippen LogP contribution in [0.1, 0.15) is 16.1 Å². The molecule has 0 saturated carbocycles. The Morgan fingerprint density at radius 2 is 1.83 bits per heavy atom. The number of amides is 1. The molecule has 5 heteroatoms. The number of carbonyl (C=O) groups is 2. The number of aryl methyl sites for hydroxylation is 1. The van der Waals surface area contributed by atoms with Crippen LogP contribution in [0.5, 0.6) is 0 Å². The summed E-state index contributed by atoms with van der Waals surface area (Å²) in [6.45, 7) is 1.51. The smallest absolute Gasteiger partial charge is 0.374 e.